The van der Waals surface area contributed by atoms with Crippen LogP contribution in [0.1, 0.15) is 83.7 Å². The van der Waals surface area contributed by atoms with Crippen molar-refractivity contribution < 1.29 is 14.3 Å². The van der Waals surface area contributed by atoms with E-state index in [1.165, 1.54) is 12.8 Å². The van der Waals surface area contributed by atoms with Crippen LogP contribution in [0.5, 0.6) is 0 Å². The molecule has 1 aromatic heterocycles. The minimum Gasteiger partial charge on any atom is -0.446 e. The van der Waals surface area contributed by atoms with Crippen LogP contribution in [0.4, 0.5) is 10.5 Å². The first-order chi connectivity index (χ1) is 16.5. The van der Waals surface area contributed by atoms with Gasteiger partial charge in [0.2, 0.25) is 5.91 Å². The van der Waals surface area contributed by atoms with Crippen LogP contribution in [0.25, 0.3) is 6.08 Å². The van der Waals surface area contributed by atoms with Gasteiger partial charge in [0.25, 0.3) is 0 Å². The van der Waals surface area contributed by atoms with Gasteiger partial charge in [-0.25, -0.2) is 9.79 Å². The maximum absolute atomic E-state index is 13.5. The third-order valence-electron chi connectivity index (χ3n) is 6.29. The highest BCUT2D eigenvalue weighted by atomic mass is 16.6. The number of rotatable bonds is 13. The molecule has 188 valence electrons. The highest BCUT2D eigenvalue weighted by Crippen LogP contribution is 2.27. The lowest BCUT2D eigenvalue weighted by molar-refractivity contribution is -0.127. The Morgan fingerprint density at radius 1 is 1.18 bits per heavy atom. The highest BCUT2D eigenvalue weighted by Gasteiger charge is 2.24. The molecule has 0 atom stereocenters. The number of amidine groups is 1. The number of carbonyl (C=O) groups is 2. The number of ether oxygens (including phenoxy) is 1. The maximum atomic E-state index is 13.5. The summed E-state index contributed by atoms with van der Waals surface area (Å²) < 4.78 is 7.25. The first-order valence-corrected chi connectivity index (χ1v) is 12.8. The third kappa shape index (κ3) is 7.33. The Kier molecular flexibility index (Phi) is 9.97. The maximum Gasteiger partial charge on any atom is 0.407 e. The number of nitrogens with zero attached hydrogens (tertiary/aromatic N) is 4. The van der Waals surface area contributed by atoms with E-state index in [-0.39, 0.29) is 18.1 Å². The van der Waals surface area contributed by atoms with E-state index in [4.69, 9.17) is 10.5 Å². The van der Waals surface area contributed by atoms with E-state index in [2.05, 4.69) is 29.3 Å². The Labute approximate surface area is 202 Å². The number of unbranched alkanes of at least 4 members (excludes halogenated alkanes) is 3. The number of hydrogen-bond acceptors (Lipinski definition) is 6. The average Bonchev–Trinajstić information content (AvgIpc) is 3.06. The van der Waals surface area contributed by atoms with Gasteiger partial charge in [-0.1, -0.05) is 33.1 Å². The number of aliphatic imine (C=N–C) groups is 1. The molecule has 0 spiro atoms. The summed E-state index contributed by atoms with van der Waals surface area (Å²) in [5, 5.41) is 7.28. The molecule has 2 aliphatic rings. The van der Waals surface area contributed by atoms with Crippen LogP contribution < -0.4 is 11.1 Å². The number of hydrogen-bond donors (Lipinski definition) is 2. The molecule has 0 aromatic carbocycles. The molecular weight excluding hydrogens is 432 g/mol. The molecule has 2 heterocycles. The summed E-state index contributed by atoms with van der Waals surface area (Å²) in [6.45, 7) is 6.70. The van der Waals surface area contributed by atoms with Gasteiger partial charge >= 0.3 is 6.09 Å². The number of carbonyl (C=O) groups excluding carboxylic acids is 2. The fourth-order valence-electron chi connectivity index (χ4n) is 4.16. The molecule has 9 nitrogen and oxygen atoms in total. The van der Waals surface area contributed by atoms with Crippen LogP contribution in [0, 0.1) is 0 Å². The van der Waals surface area contributed by atoms with Gasteiger partial charge in [-0.15, -0.1) is 0 Å². The Bertz CT molecular complexity index is 887. The Hall–Kier alpha value is -2.84. The van der Waals surface area contributed by atoms with Gasteiger partial charge in [0.1, 0.15) is 17.6 Å². The van der Waals surface area contributed by atoms with Crippen LogP contribution >= 0.6 is 0 Å². The SMILES string of the molecule is CCCCCCn1ncc2c1C=C(C(=O)N(CCC)CCCNC(=O)OC1CCC1)CC(N)=N2. The molecule has 1 aliphatic carbocycles. The van der Waals surface area contributed by atoms with Gasteiger partial charge in [0.15, 0.2) is 0 Å². The number of fused-ring (bicyclic) bond motifs is 1. The Balaban J connectivity index is 1.61. The van der Waals surface area contributed by atoms with E-state index in [0.29, 0.717) is 49.6 Å². The minimum absolute atomic E-state index is 0.0383. The summed E-state index contributed by atoms with van der Waals surface area (Å²) in [5.41, 5.74) is 8.34. The zero-order valence-electron chi connectivity index (χ0n) is 20.7. The molecule has 1 aromatic rings. The first-order valence-electron chi connectivity index (χ1n) is 12.8. The molecule has 1 aliphatic heterocycles. The molecule has 0 unspecified atom stereocenters. The van der Waals surface area contributed by atoms with Crippen LogP contribution in [0.3, 0.4) is 0 Å². The predicted molar refractivity (Wildman–Crippen MR) is 134 cm³/mol. The first kappa shape index (κ1) is 25.8. The van der Waals surface area contributed by atoms with Crippen molar-refractivity contribution in [2.75, 3.05) is 19.6 Å². The van der Waals surface area contributed by atoms with E-state index in [0.717, 1.165) is 50.8 Å². The molecule has 0 bridgehead atoms. The lowest BCUT2D eigenvalue weighted by atomic mass is 9.96. The van der Waals surface area contributed by atoms with Crippen molar-refractivity contribution in [2.24, 2.45) is 10.7 Å². The Morgan fingerprint density at radius 3 is 2.71 bits per heavy atom. The van der Waals surface area contributed by atoms with Gasteiger partial charge < -0.3 is 20.7 Å². The quantitative estimate of drug-likeness (QED) is 0.419. The fraction of sp³-hybridized carbons (Fsp3) is 0.680. The van der Waals surface area contributed by atoms with E-state index in [1.54, 1.807) is 6.20 Å². The lowest BCUT2D eigenvalue weighted by Crippen LogP contribution is -2.37. The van der Waals surface area contributed by atoms with Gasteiger partial charge in [-0.2, -0.15) is 5.10 Å². The van der Waals surface area contributed by atoms with Crippen molar-refractivity contribution in [1.29, 1.82) is 0 Å². The molecule has 9 heteroatoms. The van der Waals surface area contributed by atoms with E-state index in [1.807, 2.05) is 15.7 Å². The standard InChI is InChI=1S/C25H40N6O3/c1-3-5-6-7-15-31-22-16-19(17-23(26)29-21(22)18-28-31)24(32)30(13-4-2)14-9-12-27-25(33)34-20-10-8-11-20/h16,18,20H,3-15,17H2,1-2H3,(H2,26,29)(H,27,33). The topological polar surface area (TPSA) is 115 Å². The molecular formula is C25H40N6O3. The van der Waals surface area contributed by atoms with Gasteiger partial charge in [-0.05, 0) is 44.6 Å². The molecule has 3 N–H and O–H groups in total. The number of aryl methyl sites for hydroxylation is 1. The summed E-state index contributed by atoms with van der Waals surface area (Å²) >= 11 is 0. The third-order valence-corrected chi connectivity index (χ3v) is 6.29. The number of nitrogens with one attached hydrogen (secondary N) is 1. The average molecular weight is 473 g/mol. The number of alkyl carbamates (subject to hydrolysis) is 1. The summed E-state index contributed by atoms with van der Waals surface area (Å²) in [6.07, 6.45) is 12.8. The fourth-order valence-corrected chi connectivity index (χ4v) is 4.16. The smallest absolute Gasteiger partial charge is 0.407 e. The van der Waals surface area contributed by atoms with Crippen LogP contribution in [0.2, 0.25) is 0 Å². The lowest BCUT2D eigenvalue weighted by Gasteiger charge is -2.25. The van der Waals surface area contributed by atoms with Gasteiger partial charge in [0.05, 0.1) is 11.9 Å². The normalized spacial score (nSPS) is 15.5. The summed E-state index contributed by atoms with van der Waals surface area (Å²) in [6, 6.07) is 0. The molecule has 34 heavy (non-hydrogen) atoms. The van der Waals surface area contributed by atoms with Crippen molar-refractivity contribution in [2.45, 2.75) is 90.7 Å². The van der Waals surface area contributed by atoms with Crippen molar-refractivity contribution in [3.63, 3.8) is 0 Å². The second-order valence-electron chi connectivity index (χ2n) is 9.18. The zero-order chi connectivity index (χ0) is 24.3. The second kappa shape index (κ2) is 13.2. The van der Waals surface area contributed by atoms with Crippen LogP contribution in [-0.2, 0) is 16.1 Å². The van der Waals surface area contributed by atoms with Crippen molar-refractivity contribution >= 4 is 29.6 Å². The van der Waals surface area contributed by atoms with E-state index < -0.39 is 0 Å². The zero-order valence-corrected chi connectivity index (χ0v) is 20.7. The molecule has 3 rings (SSSR count). The van der Waals surface area contributed by atoms with Crippen molar-refractivity contribution in [3.8, 4) is 0 Å². The van der Waals surface area contributed by atoms with E-state index >= 15 is 0 Å². The predicted octanol–water partition coefficient (Wildman–Crippen LogP) is 4.15. The monoisotopic (exact) mass is 472 g/mol. The van der Waals surface area contributed by atoms with Gasteiger partial charge in [0, 0.05) is 38.2 Å². The number of amides is 2. The van der Waals surface area contributed by atoms with Crippen LogP contribution in [0.15, 0.2) is 16.8 Å². The van der Waals surface area contributed by atoms with Gasteiger partial charge in [-0.3, -0.25) is 9.48 Å². The van der Waals surface area contributed by atoms with Crippen molar-refractivity contribution in [3.05, 3.63) is 17.5 Å². The number of nitrogens with two attached hydrogens (primary N) is 1. The van der Waals surface area contributed by atoms with Crippen molar-refractivity contribution in [1.82, 2.24) is 20.0 Å². The second-order valence-corrected chi connectivity index (χ2v) is 9.18. The largest absolute Gasteiger partial charge is 0.446 e. The summed E-state index contributed by atoms with van der Waals surface area (Å²) in [4.78, 5) is 31.6. The summed E-state index contributed by atoms with van der Waals surface area (Å²) in [5.74, 6) is 0.379. The molecule has 2 amide bonds. The molecule has 1 saturated carbocycles. The minimum atomic E-state index is -0.367. The van der Waals surface area contributed by atoms with Crippen LogP contribution in [-0.4, -0.2) is 58.3 Å². The Morgan fingerprint density at radius 2 is 2.00 bits per heavy atom. The molecule has 0 radical (unpaired) electrons. The number of aromatic nitrogens is 2. The molecule has 1 fully saturated rings. The molecule has 0 saturated heterocycles. The highest BCUT2D eigenvalue weighted by molar-refractivity contribution is 6.05. The summed E-state index contributed by atoms with van der Waals surface area (Å²) in [7, 11) is 0. The van der Waals surface area contributed by atoms with E-state index in [9.17, 15) is 9.59 Å².